The van der Waals surface area contributed by atoms with Crippen LogP contribution in [0.5, 0.6) is 5.75 Å². The number of hydrogen-bond donors (Lipinski definition) is 1. The highest BCUT2D eigenvalue weighted by molar-refractivity contribution is 9.10. The van der Waals surface area contributed by atoms with Crippen LogP contribution in [-0.2, 0) is 6.42 Å². The van der Waals surface area contributed by atoms with Gasteiger partial charge >= 0.3 is 0 Å². The van der Waals surface area contributed by atoms with Crippen molar-refractivity contribution in [2.75, 3.05) is 7.11 Å². The Balaban J connectivity index is 2.18. The molecule has 0 saturated carbocycles. The summed E-state index contributed by atoms with van der Waals surface area (Å²) in [6.45, 7) is 2.03. The smallest absolute Gasteiger partial charge is 0.133 e. The number of aliphatic hydroxyl groups is 1. The molecule has 0 aromatic heterocycles. The summed E-state index contributed by atoms with van der Waals surface area (Å²) in [7, 11) is 1.64. The van der Waals surface area contributed by atoms with Gasteiger partial charge in [-0.3, -0.25) is 0 Å². The van der Waals surface area contributed by atoms with Gasteiger partial charge in [0.2, 0.25) is 0 Å². The van der Waals surface area contributed by atoms with Gasteiger partial charge in [0.1, 0.15) is 5.75 Å². The van der Waals surface area contributed by atoms with Crippen molar-refractivity contribution in [2.24, 2.45) is 0 Å². The lowest BCUT2D eigenvalue weighted by Gasteiger charge is -2.14. The molecule has 0 bridgehead atoms. The largest absolute Gasteiger partial charge is 0.496 e. The Morgan fingerprint density at radius 2 is 1.85 bits per heavy atom. The molecule has 4 heteroatoms. The van der Waals surface area contributed by atoms with Crippen LogP contribution in [0.4, 0.5) is 0 Å². The zero-order chi connectivity index (χ0) is 14.7. The fourth-order valence-electron chi connectivity index (χ4n) is 2.07. The van der Waals surface area contributed by atoms with Gasteiger partial charge < -0.3 is 9.84 Å². The maximum absolute atomic E-state index is 10.4. The average Bonchev–Trinajstić information content (AvgIpc) is 2.38. The minimum Gasteiger partial charge on any atom is -0.496 e. The Morgan fingerprint density at radius 1 is 1.10 bits per heavy atom. The molecule has 2 nitrogen and oxygen atoms in total. The molecule has 1 atom stereocenters. The highest BCUT2D eigenvalue weighted by Gasteiger charge is 2.13. The van der Waals surface area contributed by atoms with Gasteiger partial charge in [0.25, 0.3) is 0 Å². The molecule has 0 radical (unpaired) electrons. The SMILES string of the molecule is COc1ccc(CC(O)c2ccc(C)cc2Br)cc1Br. The lowest BCUT2D eigenvalue weighted by Crippen LogP contribution is -2.03. The number of aryl methyl sites for hydroxylation is 1. The minimum atomic E-state index is -0.537. The van der Waals surface area contributed by atoms with Gasteiger partial charge in [-0.1, -0.05) is 34.1 Å². The molecule has 0 aliphatic carbocycles. The quantitative estimate of drug-likeness (QED) is 0.799. The van der Waals surface area contributed by atoms with Crippen LogP contribution in [-0.4, -0.2) is 12.2 Å². The summed E-state index contributed by atoms with van der Waals surface area (Å²) in [6.07, 6.45) is 0.0230. The number of aliphatic hydroxyl groups excluding tert-OH is 1. The Hall–Kier alpha value is -0.840. The van der Waals surface area contributed by atoms with Gasteiger partial charge in [0, 0.05) is 10.9 Å². The van der Waals surface area contributed by atoms with Crippen LogP contribution in [0.3, 0.4) is 0 Å². The molecule has 0 heterocycles. The van der Waals surface area contributed by atoms with E-state index in [1.54, 1.807) is 7.11 Å². The first-order valence-electron chi connectivity index (χ1n) is 6.28. The van der Waals surface area contributed by atoms with E-state index in [0.29, 0.717) is 6.42 Å². The molecule has 106 valence electrons. The third-order valence-corrected chi connectivity index (χ3v) is 4.47. The van der Waals surface area contributed by atoms with E-state index < -0.39 is 6.10 Å². The van der Waals surface area contributed by atoms with Gasteiger partial charge in [0.15, 0.2) is 0 Å². The number of rotatable bonds is 4. The summed E-state index contributed by atoms with van der Waals surface area (Å²) in [4.78, 5) is 0. The summed E-state index contributed by atoms with van der Waals surface area (Å²) in [5.41, 5.74) is 3.13. The fraction of sp³-hybridized carbons (Fsp3) is 0.250. The van der Waals surface area contributed by atoms with Crippen LogP contribution >= 0.6 is 31.9 Å². The van der Waals surface area contributed by atoms with Crippen molar-refractivity contribution in [1.82, 2.24) is 0 Å². The van der Waals surface area contributed by atoms with Crippen molar-refractivity contribution in [3.8, 4) is 5.75 Å². The van der Waals surface area contributed by atoms with E-state index in [0.717, 1.165) is 25.8 Å². The highest BCUT2D eigenvalue weighted by Crippen LogP contribution is 2.30. The van der Waals surface area contributed by atoms with Crippen molar-refractivity contribution in [2.45, 2.75) is 19.4 Å². The summed E-state index contributed by atoms with van der Waals surface area (Å²) < 4.78 is 7.04. The standard InChI is InChI=1S/C16H16Br2O2/c1-10-3-5-12(13(17)7-10)15(19)9-11-4-6-16(20-2)14(18)8-11/h3-8,15,19H,9H2,1-2H3. The molecule has 0 aliphatic heterocycles. The Kier molecular flexibility index (Phi) is 5.24. The molecule has 0 aliphatic rings. The summed E-state index contributed by atoms with van der Waals surface area (Å²) in [5, 5.41) is 10.4. The second-order valence-corrected chi connectivity index (χ2v) is 6.42. The van der Waals surface area contributed by atoms with Crippen LogP contribution in [0.15, 0.2) is 45.3 Å². The highest BCUT2D eigenvalue weighted by atomic mass is 79.9. The average molecular weight is 400 g/mol. The molecule has 2 aromatic rings. The Morgan fingerprint density at radius 3 is 2.45 bits per heavy atom. The number of ether oxygens (including phenoxy) is 1. The molecular weight excluding hydrogens is 384 g/mol. The first kappa shape index (κ1) is 15.5. The van der Waals surface area contributed by atoms with Gasteiger partial charge in [-0.2, -0.15) is 0 Å². The van der Waals surface area contributed by atoms with Crippen LogP contribution < -0.4 is 4.74 Å². The van der Waals surface area contributed by atoms with Crippen molar-refractivity contribution >= 4 is 31.9 Å². The first-order valence-corrected chi connectivity index (χ1v) is 7.86. The summed E-state index contributed by atoms with van der Waals surface area (Å²) in [6, 6.07) is 11.8. The molecule has 20 heavy (non-hydrogen) atoms. The third kappa shape index (κ3) is 3.62. The molecule has 0 saturated heterocycles. The van der Waals surface area contributed by atoms with Crippen LogP contribution in [0.1, 0.15) is 22.8 Å². The number of benzene rings is 2. The van der Waals surface area contributed by atoms with E-state index in [4.69, 9.17) is 4.74 Å². The second kappa shape index (κ2) is 6.74. The van der Waals surface area contributed by atoms with Crippen molar-refractivity contribution in [3.63, 3.8) is 0 Å². The van der Waals surface area contributed by atoms with Gasteiger partial charge in [-0.15, -0.1) is 0 Å². The lowest BCUT2D eigenvalue weighted by atomic mass is 10.0. The molecule has 0 spiro atoms. The topological polar surface area (TPSA) is 29.5 Å². The van der Waals surface area contributed by atoms with E-state index >= 15 is 0 Å². The van der Waals surface area contributed by atoms with Gasteiger partial charge in [-0.05, 0) is 57.7 Å². The van der Waals surface area contributed by atoms with E-state index in [2.05, 4.69) is 31.9 Å². The fourth-order valence-corrected chi connectivity index (χ4v) is 3.42. The Bertz CT molecular complexity index is 611. The van der Waals surface area contributed by atoms with E-state index in [1.807, 2.05) is 43.3 Å². The van der Waals surface area contributed by atoms with Crippen LogP contribution in [0, 0.1) is 6.92 Å². The molecule has 2 rings (SSSR count). The number of methoxy groups -OCH3 is 1. The van der Waals surface area contributed by atoms with Gasteiger partial charge in [0.05, 0.1) is 17.7 Å². The molecule has 1 unspecified atom stereocenters. The normalized spacial score (nSPS) is 12.2. The zero-order valence-corrected chi connectivity index (χ0v) is 14.5. The van der Waals surface area contributed by atoms with Crippen molar-refractivity contribution in [3.05, 3.63) is 62.0 Å². The molecule has 0 amide bonds. The Labute approximate surface area is 136 Å². The van der Waals surface area contributed by atoms with Crippen LogP contribution in [0.2, 0.25) is 0 Å². The molecule has 1 N–H and O–H groups in total. The van der Waals surface area contributed by atoms with E-state index in [1.165, 1.54) is 5.56 Å². The molecule has 2 aromatic carbocycles. The van der Waals surface area contributed by atoms with E-state index in [9.17, 15) is 5.11 Å². The van der Waals surface area contributed by atoms with Crippen molar-refractivity contribution in [1.29, 1.82) is 0 Å². The maximum Gasteiger partial charge on any atom is 0.133 e. The van der Waals surface area contributed by atoms with Crippen molar-refractivity contribution < 1.29 is 9.84 Å². The summed E-state index contributed by atoms with van der Waals surface area (Å²) >= 11 is 6.97. The zero-order valence-electron chi connectivity index (χ0n) is 11.4. The number of hydrogen-bond acceptors (Lipinski definition) is 2. The molecule has 0 fully saturated rings. The monoisotopic (exact) mass is 398 g/mol. The summed E-state index contributed by atoms with van der Waals surface area (Å²) in [5.74, 6) is 0.791. The van der Waals surface area contributed by atoms with E-state index in [-0.39, 0.29) is 0 Å². The van der Waals surface area contributed by atoms with Gasteiger partial charge in [-0.25, -0.2) is 0 Å². The minimum absolute atomic E-state index is 0.537. The number of halogens is 2. The third-order valence-electron chi connectivity index (χ3n) is 3.16. The predicted molar refractivity (Wildman–Crippen MR) is 88.2 cm³/mol. The van der Waals surface area contributed by atoms with Crippen LogP contribution in [0.25, 0.3) is 0 Å². The first-order chi connectivity index (χ1) is 9.51. The second-order valence-electron chi connectivity index (χ2n) is 4.71. The maximum atomic E-state index is 10.4. The molecular formula is C16H16Br2O2. The predicted octanol–water partition coefficient (Wildman–Crippen LogP) is 4.80. The lowest BCUT2D eigenvalue weighted by molar-refractivity contribution is 0.177.